The van der Waals surface area contributed by atoms with Crippen molar-refractivity contribution in [3.63, 3.8) is 0 Å². The fraction of sp³-hybridized carbons (Fsp3) is 0.125. The molecule has 2 aromatic rings. The highest BCUT2D eigenvalue weighted by molar-refractivity contribution is 5.90. The summed E-state index contributed by atoms with van der Waals surface area (Å²) in [6.45, 7) is 0. The second kappa shape index (κ2) is 4.22. The van der Waals surface area contributed by atoms with E-state index in [4.69, 9.17) is 0 Å². The second-order valence-corrected chi connectivity index (χ2v) is 4.56. The number of benzene rings is 1. The molecule has 0 radical (unpaired) electrons. The van der Waals surface area contributed by atoms with Crippen molar-refractivity contribution in [1.82, 2.24) is 0 Å². The molecule has 0 saturated heterocycles. The molecule has 1 aliphatic carbocycles. The molecule has 0 N–H and O–H groups in total. The number of rotatable bonds is 0. The summed E-state index contributed by atoms with van der Waals surface area (Å²) in [7, 11) is 0. The van der Waals surface area contributed by atoms with E-state index in [1.165, 1.54) is 6.07 Å². The van der Waals surface area contributed by atoms with Gasteiger partial charge in [0.05, 0.1) is 0 Å². The number of ketones is 1. The molecule has 0 fully saturated rings. The molecule has 0 unspecified atom stereocenters. The zero-order valence-corrected chi connectivity index (χ0v) is 9.85. The topological polar surface area (TPSA) is 34.1 Å². The molecule has 1 aliphatic rings. The quantitative estimate of drug-likeness (QED) is 0.703. The van der Waals surface area contributed by atoms with Crippen LogP contribution in [0.2, 0.25) is 0 Å². The van der Waals surface area contributed by atoms with Crippen LogP contribution in [0.5, 0.6) is 0 Å². The van der Waals surface area contributed by atoms with Crippen molar-refractivity contribution in [2.45, 2.75) is 12.8 Å². The number of carbonyl (C=O) groups is 1. The second-order valence-electron chi connectivity index (χ2n) is 4.56. The maximum Gasteiger partial charge on any atom is 0.178 e. The lowest BCUT2D eigenvalue weighted by Crippen LogP contribution is -2.03. The van der Waals surface area contributed by atoms with Gasteiger partial charge in [0.2, 0.25) is 0 Å². The van der Waals surface area contributed by atoms with Crippen LogP contribution in [-0.2, 0) is 17.6 Å². The first kappa shape index (κ1) is 10.9. The first-order valence-corrected chi connectivity index (χ1v) is 5.97. The molecule has 0 aliphatic heterocycles. The summed E-state index contributed by atoms with van der Waals surface area (Å²) in [4.78, 5) is 23.3. The SMILES string of the molecule is O=C1Cc2ccccc2-c2ccc(=O)ccc2C1. The third-order valence-electron chi connectivity index (χ3n) is 3.29. The summed E-state index contributed by atoms with van der Waals surface area (Å²) in [6.07, 6.45) is 0.872. The van der Waals surface area contributed by atoms with Crippen LogP contribution < -0.4 is 5.43 Å². The van der Waals surface area contributed by atoms with Gasteiger partial charge in [-0.1, -0.05) is 36.4 Å². The van der Waals surface area contributed by atoms with Crippen LogP contribution >= 0.6 is 0 Å². The van der Waals surface area contributed by atoms with Crippen LogP contribution in [-0.4, -0.2) is 5.78 Å². The van der Waals surface area contributed by atoms with Crippen LogP contribution in [0.4, 0.5) is 0 Å². The van der Waals surface area contributed by atoms with E-state index in [0.29, 0.717) is 12.8 Å². The van der Waals surface area contributed by atoms with Crippen molar-refractivity contribution in [3.8, 4) is 11.1 Å². The average Bonchev–Trinajstić information content (AvgIpc) is 2.60. The van der Waals surface area contributed by atoms with Crippen molar-refractivity contribution < 1.29 is 4.79 Å². The molecule has 0 heterocycles. The predicted molar refractivity (Wildman–Crippen MR) is 70.6 cm³/mol. The normalized spacial score (nSPS) is 13.4. The van der Waals surface area contributed by atoms with Gasteiger partial charge in [-0.2, -0.15) is 0 Å². The van der Waals surface area contributed by atoms with Gasteiger partial charge in [0, 0.05) is 12.8 Å². The summed E-state index contributed by atoms with van der Waals surface area (Å²) in [5.41, 5.74) is 4.01. The van der Waals surface area contributed by atoms with E-state index in [2.05, 4.69) is 0 Å². The standard InChI is InChI=1S/C16H12O2/c17-13-6-5-12-10-14(18)9-11-3-1-2-4-15(11)16(12)8-7-13/h1-8H,9-10H2. The highest BCUT2D eigenvalue weighted by Gasteiger charge is 2.17. The Morgan fingerprint density at radius 2 is 1.28 bits per heavy atom. The summed E-state index contributed by atoms with van der Waals surface area (Å²) in [5.74, 6) is 0.194. The molecule has 0 spiro atoms. The number of Topliss-reactive ketones (excluding diaryl/α,β-unsaturated/α-hetero) is 1. The number of hydrogen-bond donors (Lipinski definition) is 0. The fourth-order valence-electron chi connectivity index (χ4n) is 2.44. The van der Waals surface area contributed by atoms with Gasteiger partial charge in [0.25, 0.3) is 0 Å². The van der Waals surface area contributed by atoms with Gasteiger partial charge < -0.3 is 0 Å². The minimum atomic E-state index is -0.0343. The minimum Gasteiger partial charge on any atom is -0.299 e. The van der Waals surface area contributed by atoms with Gasteiger partial charge in [-0.05, 0) is 34.4 Å². The van der Waals surface area contributed by atoms with Gasteiger partial charge in [-0.3, -0.25) is 9.59 Å². The van der Waals surface area contributed by atoms with E-state index in [0.717, 1.165) is 22.3 Å². The first-order chi connectivity index (χ1) is 8.74. The van der Waals surface area contributed by atoms with Crippen LogP contribution in [0.1, 0.15) is 11.1 Å². The molecule has 2 heteroatoms. The van der Waals surface area contributed by atoms with Crippen molar-refractivity contribution in [3.05, 3.63) is 69.9 Å². The number of hydrogen-bond acceptors (Lipinski definition) is 2. The van der Waals surface area contributed by atoms with E-state index in [9.17, 15) is 9.59 Å². The third kappa shape index (κ3) is 1.86. The van der Waals surface area contributed by atoms with E-state index in [1.807, 2.05) is 30.3 Å². The lowest BCUT2D eigenvalue weighted by molar-refractivity contribution is -0.117. The molecule has 0 amide bonds. The maximum absolute atomic E-state index is 11.9. The van der Waals surface area contributed by atoms with E-state index < -0.39 is 0 Å². The largest absolute Gasteiger partial charge is 0.299 e. The summed E-state index contributed by atoms with van der Waals surface area (Å²) >= 11 is 0. The lowest BCUT2D eigenvalue weighted by atomic mass is 9.99. The molecule has 0 atom stereocenters. The Morgan fingerprint density at radius 1 is 0.667 bits per heavy atom. The molecule has 18 heavy (non-hydrogen) atoms. The van der Waals surface area contributed by atoms with Gasteiger partial charge >= 0.3 is 0 Å². The van der Waals surface area contributed by atoms with Crippen molar-refractivity contribution in [2.75, 3.05) is 0 Å². The van der Waals surface area contributed by atoms with Gasteiger partial charge in [0.1, 0.15) is 5.78 Å². The number of carbonyl (C=O) groups excluding carboxylic acids is 1. The zero-order valence-electron chi connectivity index (χ0n) is 9.85. The molecule has 0 bridgehead atoms. The lowest BCUT2D eigenvalue weighted by Gasteiger charge is -2.05. The number of fused-ring (bicyclic) bond motifs is 3. The predicted octanol–water partition coefficient (Wildman–Crippen LogP) is 2.38. The molecule has 3 rings (SSSR count). The van der Waals surface area contributed by atoms with Crippen LogP contribution in [0.3, 0.4) is 0 Å². The third-order valence-corrected chi connectivity index (χ3v) is 3.29. The Bertz CT molecular complexity index is 687. The smallest absolute Gasteiger partial charge is 0.178 e. The van der Waals surface area contributed by atoms with E-state index in [1.54, 1.807) is 12.1 Å². The monoisotopic (exact) mass is 236 g/mol. The van der Waals surface area contributed by atoms with E-state index in [-0.39, 0.29) is 11.2 Å². The molecular formula is C16H12O2. The minimum absolute atomic E-state index is 0.0343. The van der Waals surface area contributed by atoms with E-state index >= 15 is 0 Å². The molecule has 88 valence electrons. The summed E-state index contributed by atoms with van der Waals surface area (Å²) in [6, 6.07) is 14.6. The Hall–Kier alpha value is -2.22. The molecule has 0 aromatic heterocycles. The molecule has 2 nitrogen and oxygen atoms in total. The summed E-state index contributed by atoms with van der Waals surface area (Å²) < 4.78 is 0. The van der Waals surface area contributed by atoms with Crippen molar-refractivity contribution >= 4 is 5.78 Å². The van der Waals surface area contributed by atoms with Crippen LogP contribution in [0.25, 0.3) is 11.1 Å². The Balaban J connectivity index is 2.36. The summed E-state index contributed by atoms with van der Waals surface area (Å²) in [5, 5.41) is 0. The van der Waals surface area contributed by atoms with Crippen LogP contribution in [0.15, 0.2) is 53.3 Å². The maximum atomic E-state index is 11.9. The Morgan fingerprint density at radius 3 is 2.11 bits per heavy atom. The first-order valence-electron chi connectivity index (χ1n) is 5.97. The van der Waals surface area contributed by atoms with Gasteiger partial charge in [0.15, 0.2) is 5.43 Å². The Kier molecular flexibility index (Phi) is 2.56. The Labute approximate surface area is 105 Å². The average molecular weight is 236 g/mol. The van der Waals surface area contributed by atoms with Crippen molar-refractivity contribution in [1.29, 1.82) is 0 Å². The van der Waals surface area contributed by atoms with Crippen LogP contribution in [0, 0.1) is 0 Å². The zero-order chi connectivity index (χ0) is 12.5. The molecular weight excluding hydrogens is 224 g/mol. The fourth-order valence-corrected chi connectivity index (χ4v) is 2.44. The van der Waals surface area contributed by atoms with Crippen molar-refractivity contribution in [2.24, 2.45) is 0 Å². The highest BCUT2D eigenvalue weighted by atomic mass is 16.1. The van der Waals surface area contributed by atoms with Gasteiger partial charge in [-0.25, -0.2) is 0 Å². The molecule has 0 saturated carbocycles. The van der Waals surface area contributed by atoms with Gasteiger partial charge in [-0.15, -0.1) is 0 Å². The molecule has 2 aromatic carbocycles. The highest BCUT2D eigenvalue weighted by Crippen LogP contribution is 2.30.